The maximum Gasteiger partial charge on any atom is 0.0788 e. The summed E-state index contributed by atoms with van der Waals surface area (Å²) in [6.45, 7) is 9.38. The van der Waals surface area contributed by atoms with Crippen LogP contribution in [-0.4, -0.2) is 27.4 Å². The van der Waals surface area contributed by atoms with Crippen molar-refractivity contribution in [3.8, 4) is 123 Å². The molecule has 6 aromatic heterocycles. The van der Waals surface area contributed by atoms with Crippen molar-refractivity contribution in [2.24, 2.45) is 0 Å². The van der Waals surface area contributed by atoms with E-state index in [9.17, 15) is 0 Å². The highest BCUT2D eigenvalue weighted by atomic mass is 15.0. The van der Waals surface area contributed by atoms with Crippen molar-refractivity contribution < 1.29 is 0 Å². The molecule has 6 heterocycles. The van der Waals surface area contributed by atoms with E-state index in [-0.39, 0.29) is 16.2 Å². The lowest BCUT2D eigenvalue weighted by atomic mass is 9.70. The predicted molar refractivity (Wildman–Crippen MR) is 606 cm³/mol. The molecule has 1 spiro atoms. The van der Waals surface area contributed by atoms with Gasteiger partial charge < -0.3 is 27.4 Å². The normalized spacial score (nSPS) is 13.4. The Hall–Kier alpha value is -18.4. The van der Waals surface area contributed by atoms with Gasteiger partial charge in [-0.25, -0.2) is 0 Å². The fraction of sp³-hybridized carbons (Fsp3) is 0.0504. The second-order valence-corrected chi connectivity index (χ2v) is 40.5. The molecule has 27 aromatic rings. The van der Waals surface area contributed by atoms with Crippen molar-refractivity contribution in [3.63, 3.8) is 0 Å². The minimum absolute atomic E-state index is 0.000511. The van der Waals surface area contributed by atoms with Gasteiger partial charge in [-0.2, -0.15) is 0 Å². The van der Waals surface area contributed by atoms with Gasteiger partial charge in [-0.1, -0.05) is 367 Å². The SMILES string of the molecule is CC1(C)c2ccccc2-c2ccc(-c3ccc(-n4ccc5c4ccc4c6ccccc6n(-c6ccccc6)c45)cc3)cc21.CC1(C)c2ccccc2-c2ccc(-c3cccc(-n4ccc5c4ccc4c6ccccc6n(-c6ccccc6)c45)c3)cc21.c1ccc(-n2ccc3ccc4c5cc(-c6cccc(-c7ccc8c(c7)C7(c9ccccc9-c9ccccc97)c7ccccc7-8)c6)ccc5n(-c5ccccc5)c4c32)cc1. The Balaban J connectivity index is 0.000000105. The van der Waals surface area contributed by atoms with Crippen LogP contribution < -0.4 is 0 Å². The van der Waals surface area contributed by atoms with E-state index >= 15 is 0 Å². The van der Waals surface area contributed by atoms with Crippen molar-refractivity contribution in [1.29, 1.82) is 0 Å². The van der Waals surface area contributed by atoms with Crippen LogP contribution >= 0.6 is 0 Å². The second kappa shape index (κ2) is 32.3. The molecule has 4 aliphatic carbocycles. The zero-order valence-electron chi connectivity index (χ0n) is 80.7. The molecule has 0 saturated carbocycles. The Bertz CT molecular complexity index is 9940. The average Bonchev–Trinajstić information content (AvgIpc) is 1.50. The molecule has 6 nitrogen and oxygen atoms in total. The van der Waals surface area contributed by atoms with Gasteiger partial charge in [0.25, 0.3) is 0 Å². The largest absolute Gasteiger partial charge is 0.316 e. The molecule has 6 heteroatoms. The Morgan fingerprint density at radius 3 is 0.979 bits per heavy atom. The van der Waals surface area contributed by atoms with E-state index in [0.717, 1.165) is 22.7 Å². The molecule has 0 unspecified atom stereocenters. The van der Waals surface area contributed by atoms with E-state index in [1.54, 1.807) is 0 Å². The van der Waals surface area contributed by atoms with E-state index in [1.165, 1.54) is 243 Å². The van der Waals surface area contributed by atoms with Crippen LogP contribution in [0.15, 0.2) is 510 Å². The summed E-state index contributed by atoms with van der Waals surface area (Å²) < 4.78 is 14.3. The van der Waals surface area contributed by atoms with Gasteiger partial charge in [-0.3, -0.25) is 0 Å². The molecule has 0 saturated heterocycles. The van der Waals surface area contributed by atoms with Crippen molar-refractivity contribution >= 4 is 98.1 Å². The molecule has 0 N–H and O–H groups in total. The second-order valence-electron chi connectivity index (χ2n) is 40.5. The van der Waals surface area contributed by atoms with Crippen LogP contribution in [0.3, 0.4) is 0 Å². The molecule has 4 aliphatic rings. The molecule has 682 valence electrons. The van der Waals surface area contributed by atoms with Gasteiger partial charge in [0.15, 0.2) is 0 Å². The molecule has 21 aromatic carbocycles. The van der Waals surface area contributed by atoms with Gasteiger partial charge in [-0.05, 0) is 285 Å². The van der Waals surface area contributed by atoms with Gasteiger partial charge >= 0.3 is 0 Å². The van der Waals surface area contributed by atoms with Crippen molar-refractivity contribution in [1.82, 2.24) is 27.4 Å². The number of para-hydroxylation sites is 6. The molecule has 0 radical (unpaired) electrons. The molecule has 0 atom stereocenters. The first-order valence-corrected chi connectivity index (χ1v) is 50.6. The maximum atomic E-state index is 2.48. The Kier molecular flexibility index (Phi) is 18.6. The maximum absolute atomic E-state index is 2.48. The zero-order valence-corrected chi connectivity index (χ0v) is 80.7. The van der Waals surface area contributed by atoms with Crippen LogP contribution in [0.5, 0.6) is 0 Å². The van der Waals surface area contributed by atoms with Crippen LogP contribution in [-0.2, 0) is 16.2 Å². The fourth-order valence-corrected chi connectivity index (χ4v) is 25.6. The third kappa shape index (κ3) is 12.6. The Morgan fingerprint density at radius 2 is 0.476 bits per heavy atom. The first-order chi connectivity index (χ1) is 71.5. The number of aromatic nitrogens is 6. The number of hydrogen-bond acceptors (Lipinski definition) is 0. The quantitative estimate of drug-likeness (QED) is 0.131. The number of nitrogens with zero attached hydrogens (tertiary/aromatic N) is 6. The lowest BCUT2D eigenvalue weighted by molar-refractivity contribution is 0.660. The van der Waals surface area contributed by atoms with Gasteiger partial charge in [0.2, 0.25) is 0 Å². The lowest BCUT2D eigenvalue weighted by Crippen LogP contribution is -2.25. The summed E-state index contributed by atoms with van der Waals surface area (Å²) in [6.07, 6.45) is 6.63. The topological polar surface area (TPSA) is 29.6 Å². The Morgan fingerprint density at radius 1 is 0.152 bits per heavy atom. The molecule has 145 heavy (non-hydrogen) atoms. The van der Waals surface area contributed by atoms with E-state index in [2.05, 4.69) is 565 Å². The number of fused-ring (bicyclic) bond motifs is 31. The number of hydrogen-bond donors (Lipinski definition) is 0. The third-order valence-corrected chi connectivity index (χ3v) is 32.3. The first kappa shape index (κ1) is 83.6. The molecule has 0 fully saturated rings. The summed E-state index contributed by atoms with van der Waals surface area (Å²) in [5.41, 5.74) is 49.3. The summed E-state index contributed by atoms with van der Waals surface area (Å²) in [4.78, 5) is 0. The molecule has 0 aliphatic heterocycles. The van der Waals surface area contributed by atoms with Crippen LogP contribution in [0.4, 0.5) is 0 Å². The molecule has 0 amide bonds. The van der Waals surface area contributed by atoms with E-state index in [0.29, 0.717) is 0 Å². The van der Waals surface area contributed by atoms with Gasteiger partial charge in [0, 0.05) is 112 Å². The van der Waals surface area contributed by atoms with E-state index in [4.69, 9.17) is 0 Å². The fourth-order valence-electron chi connectivity index (χ4n) is 25.6. The summed E-state index contributed by atoms with van der Waals surface area (Å²) in [6, 6.07) is 181. The number of rotatable bonds is 10. The minimum Gasteiger partial charge on any atom is -0.316 e. The highest BCUT2D eigenvalue weighted by molar-refractivity contribution is 6.22. The standard InChI is InChI=1S/C57H36N2.2C41H30N2/c1-3-16-42(17-4-1)58-33-32-37-26-30-48-49-35-40(28-31-54(49)59(56(48)55(37)58)43-18-5-2-6-19-43)38-14-13-15-39(34-38)41-27-29-47-46-22-9-12-25-52(46)57(53(47)36-41)50-23-10-7-20-44(50)45-21-8-11-24-51(45)57;1-41(2)36-17-8-6-15-31(36)32-20-19-28(26-37(32)41)27-11-10-14-30(25-27)42-24-23-35-38(42)22-21-34-33-16-7-9-18-39(33)43(40(34)35)29-12-4-3-5-13-29;1-41(2)36-14-8-6-12-31(36)32-21-18-28(26-37(32)41)27-16-19-29(20-17-27)42-25-24-35-38(42)23-22-34-33-13-7-9-15-39(33)43(40(34)35)30-10-4-3-5-11-30/h1-36H;2*3-26H,1-2H3. The van der Waals surface area contributed by atoms with Crippen molar-refractivity contribution in [2.45, 2.75) is 43.9 Å². The van der Waals surface area contributed by atoms with Gasteiger partial charge in [-0.15, -0.1) is 0 Å². The molecule has 0 bridgehead atoms. The highest BCUT2D eigenvalue weighted by Crippen LogP contribution is 2.64. The van der Waals surface area contributed by atoms with Crippen LogP contribution in [0, 0.1) is 0 Å². The molecular weight excluding hydrogens is 1750 g/mol. The first-order valence-electron chi connectivity index (χ1n) is 50.6. The van der Waals surface area contributed by atoms with Crippen LogP contribution in [0.1, 0.15) is 72.2 Å². The monoisotopic (exact) mass is 1850 g/mol. The third-order valence-electron chi connectivity index (χ3n) is 32.3. The summed E-state index contributed by atoms with van der Waals surface area (Å²) in [7, 11) is 0. The number of benzene rings is 21. The Labute approximate surface area is 841 Å². The minimum atomic E-state index is -0.365. The predicted octanol–water partition coefficient (Wildman–Crippen LogP) is 35.8. The van der Waals surface area contributed by atoms with Crippen LogP contribution in [0.25, 0.3) is 221 Å². The summed E-state index contributed by atoms with van der Waals surface area (Å²) in [5, 5.41) is 11.3. The van der Waals surface area contributed by atoms with Crippen molar-refractivity contribution in [3.05, 3.63) is 554 Å². The van der Waals surface area contributed by atoms with Crippen molar-refractivity contribution in [2.75, 3.05) is 0 Å². The highest BCUT2D eigenvalue weighted by Gasteiger charge is 2.52. The van der Waals surface area contributed by atoms with Crippen LogP contribution in [0.2, 0.25) is 0 Å². The lowest BCUT2D eigenvalue weighted by Gasteiger charge is -2.30. The summed E-state index contributed by atoms with van der Waals surface area (Å²) in [5.74, 6) is 0. The molecule has 31 rings (SSSR count). The smallest absolute Gasteiger partial charge is 0.0788 e. The average molecular weight is 1850 g/mol. The zero-order chi connectivity index (χ0) is 96.1. The molecular formula is C139H96N6. The summed E-state index contributed by atoms with van der Waals surface area (Å²) >= 11 is 0. The van der Waals surface area contributed by atoms with Gasteiger partial charge in [0.05, 0.1) is 55.1 Å². The van der Waals surface area contributed by atoms with Gasteiger partial charge in [0.1, 0.15) is 0 Å². The van der Waals surface area contributed by atoms with E-state index < -0.39 is 0 Å². The van der Waals surface area contributed by atoms with E-state index in [1.807, 2.05) is 0 Å².